The van der Waals surface area contributed by atoms with Gasteiger partial charge in [0, 0.05) is 30.2 Å². The van der Waals surface area contributed by atoms with Crippen LogP contribution in [0, 0.1) is 6.92 Å². The molecule has 0 amide bonds. The molecule has 0 radical (unpaired) electrons. The molecular weight excluding hydrogens is 364 g/mol. The van der Waals surface area contributed by atoms with Crippen LogP contribution in [0.15, 0.2) is 46.2 Å². The van der Waals surface area contributed by atoms with E-state index in [0.717, 1.165) is 16.5 Å². The minimum Gasteiger partial charge on any atom is -0.457 e. The van der Waals surface area contributed by atoms with Gasteiger partial charge >= 0.3 is 5.97 Å². The van der Waals surface area contributed by atoms with Crippen LogP contribution in [0.5, 0.6) is 0 Å². The Morgan fingerprint density at radius 1 is 1.00 bits per heavy atom. The Morgan fingerprint density at radius 2 is 1.78 bits per heavy atom. The van der Waals surface area contributed by atoms with Crippen LogP contribution >= 0.6 is 11.3 Å². The maximum Gasteiger partial charge on any atom is 0.306 e. The predicted octanol–water partition coefficient (Wildman–Crippen LogP) is 4.86. The van der Waals surface area contributed by atoms with E-state index in [-0.39, 0.29) is 43.9 Å². The minimum atomic E-state index is -0.451. The zero-order valence-corrected chi connectivity index (χ0v) is 15.8. The number of rotatable bonds is 9. The topological polar surface area (TPSA) is 73.6 Å². The third-order valence-electron chi connectivity index (χ3n) is 4.34. The largest absolute Gasteiger partial charge is 0.457 e. The first-order valence-corrected chi connectivity index (χ1v) is 9.63. The average molecular weight is 384 g/mol. The number of thiophene rings is 1. The molecule has 1 aromatic carbocycles. The molecule has 0 fully saturated rings. The third-order valence-corrected chi connectivity index (χ3v) is 5.25. The number of furan rings is 1. The highest BCUT2D eigenvalue weighted by Crippen LogP contribution is 2.25. The lowest BCUT2D eigenvalue weighted by molar-refractivity contribution is -0.146. The summed E-state index contributed by atoms with van der Waals surface area (Å²) in [5.74, 6) is 0.00303. The van der Waals surface area contributed by atoms with Crippen molar-refractivity contribution in [2.75, 3.05) is 0 Å². The fourth-order valence-corrected chi connectivity index (χ4v) is 3.46. The zero-order valence-electron chi connectivity index (χ0n) is 15.0. The molecule has 2 heterocycles. The van der Waals surface area contributed by atoms with Gasteiger partial charge in [0.2, 0.25) is 0 Å². The molecule has 0 bridgehead atoms. The van der Waals surface area contributed by atoms with E-state index in [2.05, 4.69) is 0 Å². The number of hydrogen-bond donors (Lipinski definition) is 0. The summed E-state index contributed by atoms with van der Waals surface area (Å²) >= 11 is 1.36. The summed E-state index contributed by atoms with van der Waals surface area (Å²) in [5.41, 5.74) is 1.70. The van der Waals surface area contributed by atoms with Gasteiger partial charge in [-0.2, -0.15) is 0 Å². The third kappa shape index (κ3) is 4.92. The maximum atomic E-state index is 11.9. The van der Waals surface area contributed by atoms with Gasteiger partial charge in [0.05, 0.1) is 11.3 Å². The molecule has 27 heavy (non-hydrogen) atoms. The van der Waals surface area contributed by atoms with Crippen molar-refractivity contribution in [1.29, 1.82) is 0 Å². The summed E-state index contributed by atoms with van der Waals surface area (Å²) < 4.78 is 10.9. The maximum absolute atomic E-state index is 11.9. The molecule has 0 aliphatic rings. The molecule has 0 aliphatic heterocycles. The molecule has 5 nitrogen and oxygen atoms in total. The number of Topliss-reactive ketones (excluding diaryl/α,β-unsaturated/α-hetero) is 2. The molecule has 140 valence electrons. The Labute approximate surface area is 160 Å². The Balaban J connectivity index is 1.40. The second kappa shape index (κ2) is 8.77. The highest BCUT2D eigenvalue weighted by molar-refractivity contribution is 7.12. The van der Waals surface area contributed by atoms with Crippen molar-refractivity contribution in [1.82, 2.24) is 0 Å². The van der Waals surface area contributed by atoms with E-state index >= 15 is 0 Å². The number of hydrogen-bond acceptors (Lipinski definition) is 6. The number of ketones is 2. The summed E-state index contributed by atoms with van der Waals surface area (Å²) in [5, 5.41) is 2.82. The molecule has 6 heteroatoms. The number of ether oxygens (including phenoxy) is 1. The van der Waals surface area contributed by atoms with Gasteiger partial charge < -0.3 is 9.15 Å². The number of carbonyl (C=O) groups excluding carboxylic acids is 3. The minimum absolute atomic E-state index is 0.00526. The van der Waals surface area contributed by atoms with Gasteiger partial charge in [-0.1, -0.05) is 24.3 Å². The van der Waals surface area contributed by atoms with E-state index in [9.17, 15) is 14.4 Å². The van der Waals surface area contributed by atoms with E-state index in [4.69, 9.17) is 9.15 Å². The predicted molar refractivity (Wildman–Crippen MR) is 103 cm³/mol. The fraction of sp³-hybridized carbons (Fsp3) is 0.286. The molecule has 0 atom stereocenters. The summed E-state index contributed by atoms with van der Waals surface area (Å²) in [6, 6.07) is 11.2. The molecule has 0 saturated heterocycles. The second-order valence-corrected chi connectivity index (χ2v) is 7.19. The standard InChI is InChI=1S/C21H20O5S/c1-14-16-5-2-3-6-18(16)26-19(14)13-25-21(24)11-9-15(22)8-10-17(23)20-7-4-12-27-20/h2-7,12H,8-11,13H2,1H3. The first-order chi connectivity index (χ1) is 13.0. The Hall–Kier alpha value is -2.73. The fourth-order valence-electron chi connectivity index (χ4n) is 2.76. The van der Waals surface area contributed by atoms with Crippen molar-refractivity contribution in [2.45, 2.75) is 39.2 Å². The monoisotopic (exact) mass is 384 g/mol. The highest BCUT2D eigenvalue weighted by atomic mass is 32.1. The summed E-state index contributed by atoms with van der Waals surface area (Å²) in [4.78, 5) is 36.3. The van der Waals surface area contributed by atoms with Gasteiger partial charge in [0.25, 0.3) is 0 Å². The molecule has 0 N–H and O–H groups in total. The quantitative estimate of drug-likeness (QED) is 0.389. The normalized spacial score (nSPS) is 10.9. The van der Waals surface area contributed by atoms with Crippen LogP contribution in [-0.4, -0.2) is 17.5 Å². The van der Waals surface area contributed by atoms with Crippen molar-refractivity contribution >= 4 is 39.8 Å². The van der Waals surface area contributed by atoms with E-state index in [1.807, 2.05) is 36.6 Å². The van der Waals surface area contributed by atoms with Crippen LogP contribution in [0.4, 0.5) is 0 Å². The van der Waals surface area contributed by atoms with E-state index in [1.54, 1.807) is 12.1 Å². The lowest BCUT2D eigenvalue weighted by atomic mass is 10.1. The lowest BCUT2D eigenvalue weighted by Gasteiger charge is -2.04. The van der Waals surface area contributed by atoms with Gasteiger partial charge in [-0.15, -0.1) is 11.3 Å². The van der Waals surface area contributed by atoms with Crippen LogP contribution in [0.25, 0.3) is 11.0 Å². The number of aryl methyl sites for hydroxylation is 1. The number of benzene rings is 1. The first kappa shape index (κ1) is 19.0. The molecule has 0 spiro atoms. The average Bonchev–Trinajstić information content (AvgIpc) is 3.32. The summed E-state index contributed by atoms with van der Waals surface area (Å²) in [6.45, 7) is 1.97. The molecule has 3 rings (SSSR count). The molecule has 0 saturated carbocycles. The van der Waals surface area contributed by atoms with Crippen molar-refractivity contribution in [3.8, 4) is 0 Å². The van der Waals surface area contributed by atoms with Crippen LogP contribution in [0.2, 0.25) is 0 Å². The number of carbonyl (C=O) groups is 3. The van der Waals surface area contributed by atoms with E-state index in [0.29, 0.717) is 10.6 Å². The van der Waals surface area contributed by atoms with Crippen LogP contribution in [0.3, 0.4) is 0 Å². The zero-order chi connectivity index (χ0) is 19.2. The SMILES string of the molecule is Cc1c(COC(=O)CCC(=O)CCC(=O)c2cccs2)oc2ccccc12. The van der Waals surface area contributed by atoms with Crippen LogP contribution in [0.1, 0.15) is 46.7 Å². The van der Waals surface area contributed by atoms with E-state index in [1.165, 1.54) is 11.3 Å². The first-order valence-electron chi connectivity index (χ1n) is 8.75. The smallest absolute Gasteiger partial charge is 0.306 e. The molecule has 3 aromatic rings. The van der Waals surface area contributed by atoms with Crippen LogP contribution in [-0.2, 0) is 20.9 Å². The van der Waals surface area contributed by atoms with Gasteiger partial charge in [0.1, 0.15) is 23.7 Å². The Bertz CT molecular complexity index is 952. The highest BCUT2D eigenvalue weighted by Gasteiger charge is 2.14. The second-order valence-electron chi connectivity index (χ2n) is 6.25. The lowest BCUT2D eigenvalue weighted by Crippen LogP contribution is -2.09. The summed E-state index contributed by atoms with van der Waals surface area (Å²) in [6.07, 6.45) is 0.403. The van der Waals surface area contributed by atoms with Crippen LogP contribution < -0.4 is 0 Å². The van der Waals surface area contributed by atoms with Gasteiger partial charge in [0.15, 0.2) is 5.78 Å². The van der Waals surface area contributed by atoms with Gasteiger partial charge in [-0.3, -0.25) is 14.4 Å². The van der Waals surface area contributed by atoms with Crippen molar-refractivity contribution in [3.05, 3.63) is 58.0 Å². The molecule has 0 unspecified atom stereocenters. The van der Waals surface area contributed by atoms with E-state index < -0.39 is 5.97 Å². The number of fused-ring (bicyclic) bond motifs is 1. The molecule has 0 aliphatic carbocycles. The number of para-hydroxylation sites is 1. The van der Waals surface area contributed by atoms with Crippen molar-refractivity contribution in [2.24, 2.45) is 0 Å². The van der Waals surface area contributed by atoms with Gasteiger partial charge in [-0.05, 0) is 24.4 Å². The molecule has 2 aromatic heterocycles. The van der Waals surface area contributed by atoms with Crippen molar-refractivity contribution < 1.29 is 23.5 Å². The Morgan fingerprint density at radius 3 is 2.52 bits per heavy atom. The van der Waals surface area contributed by atoms with Crippen molar-refractivity contribution in [3.63, 3.8) is 0 Å². The number of esters is 1. The molecular formula is C21H20O5S. The Kier molecular flexibility index (Phi) is 6.19. The van der Waals surface area contributed by atoms with Gasteiger partial charge in [-0.25, -0.2) is 0 Å². The summed E-state index contributed by atoms with van der Waals surface area (Å²) in [7, 11) is 0.